The van der Waals surface area contributed by atoms with Crippen molar-refractivity contribution < 1.29 is 0 Å². The summed E-state index contributed by atoms with van der Waals surface area (Å²) in [5.74, 6) is 0. The van der Waals surface area contributed by atoms with E-state index < -0.39 is 0 Å². The molecule has 2 heteroatoms. The van der Waals surface area contributed by atoms with Gasteiger partial charge in [0, 0.05) is 10.7 Å². The molecule has 1 aromatic carbocycles. The van der Waals surface area contributed by atoms with Crippen LogP contribution < -0.4 is 5.73 Å². The highest BCUT2D eigenvalue weighted by Crippen LogP contribution is 2.13. The van der Waals surface area contributed by atoms with Crippen molar-refractivity contribution >= 4 is 17.3 Å². The van der Waals surface area contributed by atoms with E-state index in [4.69, 9.17) is 17.3 Å². The quantitative estimate of drug-likeness (QED) is 0.746. The molecule has 12 heavy (non-hydrogen) atoms. The highest BCUT2D eigenvalue weighted by molar-refractivity contribution is 6.30. The van der Waals surface area contributed by atoms with Gasteiger partial charge in [-0.1, -0.05) is 36.7 Å². The minimum Gasteiger partial charge on any atom is -0.399 e. The highest BCUT2D eigenvalue weighted by Gasteiger charge is 1.94. The summed E-state index contributed by atoms with van der Waals surface area (Å²) in [6, 6.07) is 7.52. The van der Waals surface area contributed by atoms with Gasteiger partial charge in [-0.05, 0) is 24.1 Å². The number of rotatable bonds is 2. The molecule has 0 atom stereocenters. The van der Waals surface area contributed by atoms with Gasteiger partial charge in [-0.2, -0.15) is 0 Å². The fourth-order valence-corrected chi connectivity index (χ4v) is 1.11. The number of benzene rings is 1. The minimum absolute atomic E-state index is 0.739. The first-order valence-electron chi connectivity index (χ1n) is 3.95. The van der Waals surface area contributed by atoms with E-state index in [9.17, 15) is 0 Å². The summed E-state index contributed by atoms with van der Waals surface area (Å²) < 4.78 is 0. The molecule has 1 rings (SSSR count). The molecule has 0 aliphatic carbocycles. The molecule has 64 valence electrons. The standard InChI is InChI=1S/C10H12ClN/c1-2-3-10(12)8-4-6-9(11)7-5-8/h3-7H,2,12H2,1H3/b10-3-. The number of hydrogen-bond donors (Lipinski definition) is 1. The van der Waals surface area contributed by atoms with E-state index in [1.807, 2.05) is 30.3 Å². The molecule has 0 unspecified atom stereocenters. The van der Waals surface area contributed by atoms with Crippen LogP contribution in [0.15, 0.2) is 30.3 Å². The van der Waals surface area contributed by atoms with Gasteiger partial charge >= 0.3 is 0 Å². The van der Waals surface area contributed by atoms with Crippen molar-refractivity contribution in [3.8, 4) is 0 Å². The summed E-state index contributed by atoms with van der Waals surface area (Å²) >= 11 is 5.73. The Labute approximate surface area is 77.8 Å². The molecule has 0 aliphatic heterocycles. The van der Waals surface area contributed by atoms with Crippen LogP contribution in [-0.2, 0) is 0 Å². The average molecular weight is 182 g/mol. The van der Waals surface area contributed by atoms with Crippen LogP contribution >= 0.6 is 11.6 Å². The predicted octanol–water partition coefficient (Wildman–Crippen LogP) is 3.05. The Morgan fingerprint density at radius 3 is 2.50 bits per heavy atom. The molecule has 1 aromatic rings. The van der Waals surface area contributed by atoms with Crippen molar-refractivity contribution in [3.05, 3.63) is 40.9 Å². The molecule has 0 bridgehead atoms. The monoisotopic (exact) mass is 181 g/mol. The smallest absolute Gasteiger partial charge is 0.0406 e. The molecule has 0 radical (unpaired) electrons. The van der Waals surface area contributed by atoms with Crippen LogP contribution in [0.1, 0.15) is 18.9 Å². The van der Waals surface area contributed by atoms with E-state index in [0.29, 0.717) is 0 Å². The van der Waals surface area contributed by atoms with Crippen LogP contribution in [-0.4, -0.2) is 0 Å². The second-order valence-electron chi connectivity index (χ2n) is 2.57. The molecule has 0 spiro atoms. The molecular weight excluding hydrogens is 170 g/mol. The Balaban J connectivity index is 2.89. The van der Waals surface area contributed by atoms with Crippen LogP contribution in [0, 0.1) is 0 Å². The van der Waals surface area contributed by atoms with E-state index in [1.54, 1.807) is 0 Å². The van der Waals surface area contributed by atoms with Gasteiger partial charge < -0.3 is 5.73 Å². The molecule has 0 saturated heterocycles. The van der Waals surface area contributed by atoms with Gasteiger partial charge in [-0.25, -0.2) is 0 Å². The normalized spacial score (nSPS) is 11.7. The summed E-state index contributed by atoms with van der Waals surface area (Å²) in [6.45, 7) is 2.06. The lowest BCUT2D eigenvalue weighted by atomic mass is 10.1. The Bertz CT molecular complexity index is 274. The van der Waals surface area contributed by atoms with Gasteiger partial charge in [-0.15, -0.1) is 0 Å². The summed E-state index contributed by atoms with van der Waals surface area (Å²) in [6.07, 6.45) is 2.94. The number of hydrogen-bond acceptors (Lipinski definition) is 1. The van der Waals surface area contributed by atoms with Crippen LogP contribution in [0.5, 0.6) is 0 Å². The maximum Gasteiger partial charge on any atom is 0.0406 e. The van der Waals surface area contributed by atoms with Crippen LogP contribution in [0.4, 0.5) is 0 Å². The lowest BCUT2D eigenvalue weighted by Gasteiger charge is -2.00. The van der Waals surface area contributed by atoms with Crippen molar-refractivity contribution in [2.75, 3.05) is 0 Å². The first-order valence-corrected chi connectivity index (χ1v) is 4.33. The predicted molar refractivity (Wildman–Crippen MR) is 53.9 cm³/mol. The van der Waals surface area contributed by atoms with E-state index >= 15 is 0 Å². The van der Waals surface area contributed by atoms with Crippen molar-refractivity contribution in [2.45, 2.75) is 13.3 Å². The molecule has 0 amide bonds. The second-order valence-corrected chi connectivity index (χ2v) is 3.01. The number of allylic oxidation sites excluding steroid dienone is 1. The third-order valence-electron chi connectivity index (χ3n) is 1.60. The zero-order chi connectivity index (χ0) is 8.97. The average Bonchev–Trinajstić information content (AvgIpc) is 2.06. The van der Waals surface area contributed by atoms with Crippen molar-refractivity contribution in [3.63, 3.8) is 0 Å². The Kier molecular flexibility index (Phi) is 3.18. The minimum atomic E-state index is 0.739. The van der Waals surface area contributed by atoms with E-state index in [-0.39, 0.29) is 0 Å². The molecule has 0 heterocycles. The van der Waals surface area contributed by atoms with Gasteiger partial charge in [0.05, 0.1) is 0 Å². The summed E-state index contributed by atoms with van der Waals surface area (Å²) in [7, 11) is 0. The molecule has 0 aliphatic rings. The molecule has 1 nitrogen and oxygen atoms in total. The van der Waals surface area contributed by atoms with Crippen LogP contribution in [0.2, 0.25) is 5.02 Å². The highest BCUT2D eigenvalue weighted by atomic mass is 35.5. The number of nitrogens with two attached hydrogens (primary N) is 1. The Morgan fingerprint density at radius 1 is 1.42 bits per heavy atom. The third kappa shape index (κ3) is 2.28. The molecular formula is C10H12ClN. The van der Waals surface area contributed by atoms with E-state index in [0.717, 1.165) is 22.7 Å². The Hall–Kier alpha value is -0.950. The molecule has 2 N–H and O–H groups in total. The van der Waals surface area contributed by atoms with Gasteiger partial charge in [0.1, 0.15) is 0 Å². The fourth-order valence-electron chi connectivity index (χ4n) is 0.980. The first kappa shape index (κ1) is 9.14. The largest absolute Gasteiger partial charge is 0.399 e. The third-order valence-corrected chi connectivity index (χ3v) is 1.85. The van der Waals surface area contributed by atoms with Crippen molar-refractivity contribution in [2.24, 2.45) is 5.73 Å². The Morgan fingerprint density at radius 2 is 2.00 bits per heavy atom. The van der Waals surface area contributed by atoms with E-state index in [1.165, 1.54) is 0 Å². The maximum absolute atomic E-state index is 5.77. The first-order chi connectivity index (χ1) is 5.74. The van der Waals surface area contributed by atoms with Gasteiger partial charge in [0.2, 0.25) is 0 Å². The summed E-state index contributed by atoms with van der Waals surface area (Å²) in [4.78, 5) is 0. The SMILES string of the molecule is CC/C=C(\N)c1ccc(Cl)cc1. The van der Waals surface area contributed by atoms with E-state index in [2.05, 4.69) is 6.92 Å². The van der Waals surface area contributed by atoms with Gasteiger partial charge in [-0.3, -0.25) is 0 Å². The fraction of sp³-hybridized carbons (Fsp3) is 0.200. The molecule has 0 aromatic heterocycles. The molecule has 0 fully saturated rings. The lowest BCUT2D eigenvalue weighted by Crippen LogP contribution is -1.95. The van der Waals surface area contributed by atoms with Gasteiger partial charge in [0.15, 0.2) is 0 Å². The van der Waals surface area contributed by atoms with Crippen molar-refractivity contribution in [1.29, 1.82) is 0 Å². The summed E-state index contributed by atoms with van der Waals surface area (Å²) in [5, 5.41) is 0.739. The lowest BCUT2D eigenvalue weighted by molar-refractivity contribution is 1.22. The van der Waals surface area contributed by atoms with Crippen LogP contribution in [0.3, 0.4) is 0 Å². The topological polar surface area (TPSA) is 26.0 Å². The maximum atomic E-state index is 5.77. The van der Waals surface area contributed by atoms with Gasteiger partial charge in [0.25, 0.3) is 0 Å². The zero-order valence-electron chi connectivity index (χ0n) is 7.05. The number of halogens is 1. The molecule has 0 saturated carbocycles. The van der Waals surface area contributed by atoms with Crippen molar-refractivity contribution in [1.82, 2.24) is 0 Å². The van der Waals surface area contributed by atoms with Crippen LogP contribution in [0.25, 0.3) is 5.70 Å². The summed E-state index contributed by atoms with van der Waals surface area (Å²) in [5.41, 5.74) is 7.62. The second kappa shape index (κ2) is 4.17. The zero-order valence-corrected chi connectivity index (χ0v) is 7.81.